The fourth-order valence-corrected chi connectivity index (χ4v) is 10.9. The Morgan fingerprint density at radius 1 is 0.721 bits per heavy atom. The molecule has 0 aliphatic carbocycles. The first-order valence-corrected chi connectivity index (χ1v) is 17.6. The van der Waals surface area contributed by atoms with Crippen molar-refractivity contribution in [2.75, 3.05) is 20.6 Å². The van der Waals surface area contributed by atoms with Crippen molar-refractivity contribution in [3.8, 4) is 11.5 Å². The van der Waals surface area contributed by atoms with Crippen LogP contribution >= 0.6 is 16.2 Å². The lowest BCUT2D eigenvalue weighted by molar-refractivity contribution is 0.412. The van der Waals surface area contributed by atoms with Gasteiger partial charge in [-0.15, -0.1) is 0 Å². The minimum Gasteiger partial charge on any atom is -0.497 e. The van der Waals surface area contributed by atoms with Crippen molar-refractivity contribution in [1.29, 1.82) is 0 Å². The molecule has 0 saturated carbocycles. The summed E-state index contributed by atoms with van der Waals surface area (Å²) in [5.74, 6) is 1.54. The second kappa shape index (κ2) is 12.4. The van der Waals surface area contributed by atoms with Gasteiger partial charge in [0.15, 0.2) is 0 Å². The van der Waals surface area contributed by atoms with E-state index in [2.05, 4.69) is 87.5 Å². The molecule has 6 rings (SSSR count). The zero-order chi connectivity index (χ0) is 30.1. The van der Waals surface area contributed by atoms with Crippen molar-refractivity contribution in [2.45, 2.75) is 57.3 Å². The summed E-state index contributed by atoms with van der Waals surface area (Å²) in [5, 5.41) is 1.84. The fraction of sp³-hybridized carbons (Fsp3) is 0.333. The number of methoxy groups -OCH3 is 2. The lowest BCUT2D eigenvalue weighted by Crippen LogP contribution is -2.11. The van der Waals surface area contributed by atoms with Gasteiger partial charge < -0.3 is 17.9 Å². The molecule has 4 aromatic carbocycles. The molecule has 1 aliphatic rings. The maximum Gasteiger partial charge on any atom is 0.387 e. The molecular weight excluding hydrogens is 574 g/mol. The van der Waals surface area contributed by atoms with Crippen LogP contribution in [0.5, 0.6) is 11.5 Å². The van der Waals surface area contributed by atoms with Crippen LogP contribution < -0.4 is 14.0 Å². The smallest absolute Gasteiger partial charge is 0.387 e. The lowest BCUT2D eigenvalue weighted by Gasteiger charge is -2.25. The van der Waals surface area contributed by atoms with Crippen LogP contribution in [-0.2, 0) is 5.41 Å². The number of benzene rings is 4. The Morgan fingerprint density at radius 2 is 1.23 bits per heavy atom. The third kappa shape index (κ3) is 6.09. The molecule has 5 nitrogen and oxygen atoms in total. The molecule has 0 spiro atoms. The van der Waals surface area contributed by atoms with Gasteiger partial charge >= 0.3 is 8.24 Å². The number of rotatable bonds is 7. The van der Waals surface area contributed by atoms with Crippen molar-refractivity contribution in [3.63, 3.8) is 0 Å². The highest BCUT2D eigenvalue weighted by atomic mass is 31.1. The van der Waals surface area contributed by atoms with E-state index in [0.29, 0.717) is 17.7 Å². The Balaban J connectivity index is 1.50. The summed E-state index contributed by atoms with van der Waals surface area (Å²) in [4.78, 5) is 0. The van der Waals surface area contributed by atoms with Crippen molar-refractivity contribution >= 4 is 38.1 Å². The van der Waals surface area contributed by atoms with Crippen LogP contribution in [0.25, 0.3) is 21.9 Å². The minimum atomic E-state index is -1.74. The van der Waals surface area contributed by atoms with Crippen molar-refractivity contribution < 1.29 is 22.4 Å². The molecule has 0 amide bonds. The van der Waals surface area contributed by atoms with Crippen LogP contribution in [0.1, 0.15) is 67.2 Å². The first-order valence-electron chi connectivity index (χ1n) is 14.8. The van der Waals surface area contributed by atoms with E-state index in [0.717, 1.165) is 57.4 Å². The van der Waals surface area contributed by atoms with Gasteiger partial charge in [-0.25, -0.2) is 0 Å². The normalized spacial score (nSPS) is 19.1. The topological polar surface area (TPSA) is 54.0 Å². The summed E-state index contributed by atoms with van der Waals surface area (Å²) in [6, 6.07) is 30.0. The molecule has 4 atom stereocenters. The van der Waals surface area contributed by atoms with Crippen molar-refractivity contribution in [1.82, 2.24) is 0 Å². The van der Waals surface area contributed by atoms with Crippen LogP contribution in [-0.4, -0.2) is 20.6 Å². The molecule has 1 aliphatic heterocycles. The molecule has 0 bridgehead atoms. The molecule has 43 heavy (non-hydrogen) atoms. The summed E-state index contributed by atoms with van der Waals surface area (Å²) in [7, 11) is 1.10. The largest absolute Gasteiger partial charge is 0.497 e. The SMILES string of the molecule is COc1cc(C)c2op(OCP3[C@@H](c4ccccc4)CC[C@H]3c3ccccc3)oc3c(C(C)(C)C)cc(OC)cc3c2c1. The van der Waals surface area contributed by atoms with E-state index in [1.54, 1.807) is 14.2 Å². The predicted octanol–water partition coefficient (Wildman–Crippen LogP) is 11.1. The quantitative estimate of drug-likeness (QED) is 0.171. The second-order valence-corrected chi connectivity index (χ2v) is 15.8. The van der Waals surface area contributed by atoms with E-state index in [1.807, 2.05) is 25.1 Å². The molecule has 1 saturated heterocycles. The van der Waals surface area contributed by atoms with E-state index in [9.17, 15) is 0 Å². The van der Waals surface area contributed by atoms with E-state index >= 15 is 0 Å². The summed E-state index contributed by atoms with van der Waals surface area (Å²) < 4.78 is 31.7. The van der Waals surface area contributed by atoms with Crippen LogP contribution in [0.15, 0.2) is 93.3 Å². The molecule has 1 fully saturated rings. The fourth-order valence-electron chi connectivity index (χ4n) is 6.20. The molecule has 0 radical (unpaired) electrons. The first kappa shape index (κ1) is 29.8. The summed E-state index contributed by atoms with van der Waals surface area (Å²) >= 11 is 0. The Labute approximate surface area is 256 Å². The van der Waals surface area contributed by atoms with Crippen LogP contribution in [0.2, 0.25) is 0 Å². The summed E-state index contributed by atoms with van der Waals surface area (Å²) in [6.07, 6.45) is 2.90. The monoisotopic (exact) mass is 614 g/mol. The highest BCUT2D eigenvalue weighted by Crippen LogP contribution is 2.70. The Kier molecular flexibility index (Phi) is 8.60. The van der Waals surface area contributed by atoms with Gasteiger partial charge in [0.1, 0.15) is 22.7 Å². The molecule has 1 aromatic heterocycles. The van der Waals surface area contributed by atoms with Gasteiger partial charge in [0.2, 0.25) is 0 Å². The maximum atomic E-state index is 6.80. The van der Waals surface area contributed by atoms with E-state index in [1.165, 1.54) is 11.1 Å². The van der Waals surface area contributed by atoms with Crippen LogP contribution in [0.4, 0.5) is 0 Å². The second-order valence-electron chi connectivity index (χ2n) is 12.2. The molecule has 2 unspecified atom stereocenters. The Bertz CT molecular complexity index is 1710. The third-order valence-electron chi connectivity index (χ3n) is 8.41. The van der Waals surface area contributed by atoms with Crippen molar-refractivity contribution in [2.24, 2.45) is 0 Å². The standard InChI is InChI=1S/C36H40O5P2/c1-24-19-27(37-5)20-29-30-21-28(38-6)22-31(36(2,3)4)35(30)41-43(40-34(24)29)39-23-42-32(25-13-9-7-10-14-25)17-18-33(42)26-15-11-8-12-16-26/h7-16,19-22,32-33H,17-18,23H2,1-6H3/t32-,33+,42?,43?. The summed E-state index contributed by atoms with van der Waals surface area (Å²) in [5.41, 5.74) is 7.07. The maximum absolute atomic E-state index is 6.80. The Morgan fingerprint density at radius 3 is 1.77 bits per heavy atom. The van der Waals surface area contributed by atoms with Crippen LogP contribution in [0, 0.1) is 6.92 Å². The zero-order valence-electron chi connectivity index (χ0n) is 25.8. The van der Waals surface area contributed by atoms with E-state index < -0.39 is 16.2 Å². The molecule has 2 heterocycles. The first-order chi connectivity index (χ1) is 20.8. The van der Waals surface area contributed by atoms with Gasteiger partial charge in [-0.3, -0.25) is 4.52 Å². The molecule has 0 N–H and O–H groups in total. The van der Waals surface area contributed by atoms with Crippen molar-refractivity contribution in [3.05, 3.63) is 107 Å². The van der Waals surface area contributed by atoms with E-state index in [4.69, 9.17) is 22.4 Å². The van der Waals surface area contributed by atoms with Crippen LogP contribution in [0.3, 0.4) is 0 Å². The highest BCUT2D eigenvalue weighted by molar-refractivity contribution is 7.59. The molecular formula is C36H40O5P2. The van der Waals surface area contributed by atoms with Gasteiger partial charge in [0, 0.05) is 27.7 Å². The van der Waals surface area contributed by atoms with Gasteiger partial charge in [-0.1, -0.05) is 89.4 Å². The molecule has 224 valence electrons. The molecule has 5 aromatic rings. The number of aryl methyl sites for hydroxylation is 1. The third-order valence-corrected chi connectivity index (χ3v) is 12.8. The summed E-state index contributed by atoms with van der Waals surface area (Å²) in [6.45, 7) is 8.61. The minimum absolute atomic E-state index is 0.204. The van der Waals surface area contributed by atoms with Gasteiger partial charge in [-0.05, 0) is 66.1 Å². The number of ether oxygens (including phenoxy) is 2. The number of hydrogen-bond acceptors (Lipinski definition) is 5. The molecule has 7 heteroatoms. The van der Waals surface area contributed by atoms with Gasteiger partial charge in [0.25, 0.3) is 0 Å². The predicted molar refractivity (Wildman–Crippen MR) is 179 cm³/mol. The Hall–Kier alpha value is -3.23. The highest BCUT2D eigenvalue weighted by Gasteiger charge is 2.38. The van der Waals surface area contributed by atoms with Gasteiger partial charge in [-0.2, -0.15) is 0 Å². The van der Waals surface area contributed by atoms with E-state index in [-0.39, 0.29) is 5.41 Å². The zero-order valence-corrected chi connectivity index (χ0v) is 27.6. The number of hydrogen-bond donors (Lipinski definition) is 0. The average Bonchev–Trinajstić information content (AvgIpc) is 3.37. The lowest BCUT2D eigenvalue weighted by atomic mass is 9.85. The number of fused-ring (bicyclic) bond motifs is 3. The average molecular weight is 615 g/mol. The van der Waals surface area contributed by atoms with Gasteiger partial charge in [0.05, 0.1) is 20.6 Å².